The van der Waals surface area contributed by atoms with Gasteiger partial charge in [-0.25, -0.2) is 4.79 Å². The van der Waals surface area contributed by atoms with E-state index in [1.165, 1.54) is 0 Å². The van der Waals surface area contributed by atoms with Crippen molar-refractivity contribution < 1.29 is 38.3 Å². The van der Waals surface area contributed by atoms with E-state index < -0.39 is 0 Å². The van der Waals surface area contributed by atoms with Crippen LogP contribution in [0.3, 0.4) is 0 Å². The van der Waals surface area contributed by atoms with Crippen molar-refractivity contribution in [2.24, 2.45) is 0 Å². The van der Waals surface area contributed by atoms with E-state index in [0.717, 1.165) is 5.92 Å². The van der Waals surface area contributed by atoms with Gasteiger partial charge in [0.1, 0.15) is 5.94 Å². The predicted molar refractivity (Wildman–Crippen MR) is 36.4 cm³/mol. The molecule has 0 bridgehead atoms. The molecule has 0 amide bonds. The summed E-state index contributed by atoms with van der Waals surface area (Å²) >= 11 is 0. The van der Waals surface area contributed by atoms with Crippen molar-refractivity contribution in [3.05, 3.63) is 35.8 Å². The zero-order chi connectivity index (χ0) is 6.69. The van der Waals surface area contributed by atoms with Gasteiger partial charge in [0, 0.05) is 27.0 Å². The number of allylic oxidation sites excluding steroid dienone is 5. The Balaban J connectivity index is 0. The fourth-order valence-corrected chi connectivity index (χ4v) is 0.622. The molecule has 0 aliphatic heterocycles. The molecule has 0 aromatic heterocycles. The standard InChI is InChI=1S/C8H7O.ClH.Pt/c1-7-2-4-8(6-9)5-3-7;;/h2-5H,1H3;1H;/p-1. The smallest absolute Gasteiger partial charge is 0.132 e. The van der Waals surface area contributed by atoms with E-state index in [9.17, 15) is 4.79 Å². The van der Waals surface area contributed by atoms with Crippen molar-refractivity contribution in [2.45, 2.75) is 6.92 Å². The molecule has 1 aliphatic carbocycles. The first-order chi connectivity index (χ1) is 4.33. The molecule has 0 saturated carbocycles. The molecule has 0 saturated heterocycles. The molecular formula is C8H7ClOPt-. The summed E-state index contributed by atoms with van der Waals surface area (Å²) in [4.78, 5) is 9.99. The quantitative estimate of drug-likeness (QED) is 0.485. The van der Waals surface area contributed by atoms with Crippen LogP contribution in [-0.4, -0.2) is 5.94 Å². The monoisotopic (exact) mass is 349 g/mol. The van der Waals surface area contributed by atoms with Crippen molar-refractivity contribution >= 4 is 5.94 Å². The van der Waals surface area contributed by atoms with Crippen LogP contribution in [0.15, 0.2) is 29.9 Å². The van der Waals surface area contributed by atoms with E-state index in [4.69, 9.17) is 0 Å². The van der Waals surface area contributed by atoms with Gasteiger partial charge in [0.05, 0.1) is 5.57 Å². The second kappa shape index (κ2) is 6.61. The van der Waals surface area contributed by atoms with Crippen molar-refractivity contribution in [2.75, 3.05) is 0 Å². The summed E-state index contributed by atoms with van der Waals surface area (Å²) in [5, 5.41) is 0. The van der Waals surface area contributed by atoms with Gasteiger partial charge >= 0.3 is 0 Å². The van der Waals surface area contributed by atoms with Gasteiger partial charge < -0.3 is 12.4 Å². The molecule has 11 heavy (non-hydrogen) atoms. The van der Waals surface area contributed by atoms with Crippen LogP contribution in [0.1, 0.15) is 6.92 Å². The second-order valence-electron chi connectivity index (χ2n) is 1.97. The van der Waals surface area contributed by atoms with E-state index in [2.05, 4.69) is 0 Å². The molecule has 3 heteroatoms. The van der Waals surface area contributed by atoms with Gasteiger partial charge in [0.2, 0.25) is 0 Å². The Kier molecular flexibility index (Phi) is 8.11. The van der Waals surface area contributed by atoms with Crippen LogP contribution in [-0.2, 0) is 25.9 Å². The molecule has 0 heterocycles. The molecule has 0 unspecified atom stereocenters. The topological polar surface area (TPSA) is 17.1 Å². The van der Waals surface area contributed by atoms with Crippen molar-refractivity contribution in [1.29, 1.82) is 0 Å². The Morgan fingerprint density at radius 3 is 2.00 bits per heavy atom. The van der Waals surface area contributed by atoms with Gasteiger partial charge in [-0.1, -0.05) is 19.1 Å². The maximum Gasteiger partial charge on any atom is 0.132 e. The van der Waals surface area contributed by atoms with Crippen LogP contribution in [0.25, 0.3) is 0 Å². The van der Waals surface area contributed by atoms with E-state index in [1.54, 1.807) is 18.1 Å². The Morgan fingerprint density at radius 2 is 1.64 bits per heavy atom. The average Bonchev–Trinajstić information content (AvgIpc) is 1.90. The third-order valence-corrected chi connectivity index (χ3v) is 1.17. The summed E-state index contributed by atoms with van der Waals surface area (Å²) in [6, 6.07) is 0. The van der Waals surface area contributed by atoms with Gasteiger partial charge in [-0.3, -0.25) is 0 Å². The van der Waals surface area contributed by atoms with Gasteiger partial charge in [-0.2, -0.15) is 0 Å². The predicted octanol–water partition coefficient (Wildman–Crippen LogP) is -1.53. The Labute approximate surface area is 86.9 Å². The maximum atomic E-state index is 9.99. The Hall–Kier alpha value is -0.0917. The summed E-state index contributed by atoms with van der Waals surface area (Å²) in [6.45, 7) is 1.98. The SMILES string of the molecule is C[C]1C=CC(=C=O)C=C1.[Cl-].[Pt]. The molecule has 63 valence electrons. The van der Waals surface area contributed by atoms with E-state index in [1.807, 2.05) is 19.1 Å². The van der Waals surface area contributed by atoms with Gasteiger partial charge in [0.15, 0.2) is 0 Å². The van der Waals surface area contributed by atoms with Crippen molar-refractivity contribution in [1.82, 2.24) is 0 Å². The number of rotatable bonds is 0. The number of halogens is 1. The zero-order valence-corrected chi connectivity index (χ0v) is 8.94. The fraction of sp³-hybridized carbons (Fsp3) is 0.125. The molecular weight excluding hydrogens is 343 g/mol. The minimum atomic E-state index is 0. The summed E-state index contributed by atoms with van der Waals surface area (Å²) in [7, 11) is 0. The molecule has 1 aliphatic rings. The van der Waals surface area contributed by atoms with E-state index >= 15 is 0 Å². The average molecular weight is 350 g/mol. The molecule has 0 aromatic rings. The number of carbonyl (C=O) groups excluding carboxylic acids is 1. The molecule has 1 rings (SSSR count). The van der Waals surface area contributed by atoms with E-state index in [-0.39, 0.29) is 33.5 Å². The summed E-state index contributed by atoms with van der Waals surface area (Å²) in [5.41, 5.74) is 0.612. The fourth-order valence-electron chi connectivity index (χ4n) is 0.622. The van der Waals surface area contributed by atoms with Crippen LogP contribution < -0.4 is 12.4 Å². The second-order valence-corrected chi connectivity index (χ2v) is 1.97. The number of hydrogen-bond acceptors (Lipinski definition) is 1. The van der Waals surface area contributed by atoms with Crippen LogP contribution in [0.4, 0.5) is 0 Å². The van der Waals surface area contributed by atoms with Gasteiger partial charge in [-0.05, 0) is 12.2 Å². The summed E-state index contributed by atoms with van der Waals surface area (Å²) in [6.07, 6.45) is 7.28. The third-order valence-electron chi connectivity index (χ3n) is 1.17. The Bertz CT molecular complexity index is 198. The maximum absolute atomic E-state index is 9.99. The molecule has 0 N–H and O–H groups in total. The van der Waals surface area contributed by atoms with Crippen LogP contribution in [0.5, 0.6) is 0 Å². The third kappa shape index (κ3) is 4.37. The summed E-state index contributed by atoms with van der Waals surface area (Å²) in [5.74, 6) is 2.97. The molecule has 1 nitrogen and oxygen atoms in total. The molecule has 0 aromatic carbocycles. The van der Waals surface area contributed by atoms with Crippen LogP contribution >= 0.6 is 0 Å². The summed E-state index contributed by atoms with van der Waals surface area (Å²) < 4.78 is 0. The van der Waals surface area contributed by atoms with E-state index in [0.29, 0.717) is 5.57 Å². The first kappa shape index (κ1) is 13.5. The largest absolute Gasteiger partial charge is 1.00 e. The molecule has 1 radical (unpaired) electrons. The van der Waals surface area contributed by atoms with Crippen LogP contribution in [0, 0.1) is 5.92 Å². The minimum Gasteiger partial charge on any atom is -1.00 e. The first-order valence-electron chi connectivity index (χ1n) is 2.78. The molecule has 0 atom stereocenters. The number of hydrogen-bond donors (Lipinski definition) is 0. The van der Waals surface area contributed by atoms with Crippen molar-refractivity contribution in [3.63, 3.8) is 0 Å². The minimum absolute atomic E-state index is 0. The van der Waals surface area contributed by atoms with Crippen molar-refractivity contribution in [3.8, 4) is 0 Å². The first-order valence-corrected chi connectivity index (χ1v) is 2.78. The zero-order valence-electron chi connectivity index (χ0n) is 5.91. The normalized spacial score (nSPS) is 14.8. The molecule has 0 fully saturated rings. The Morgan fingerprint density at radius 1 is 1.18 bits per heavy atom. The van der Waals surface area contributed by atoms with Gasteiger partial charge in [0.25, 0.3) is 0 Å². The van der Waals surface area contributed by atoms with Gasteiger partial charge in [-0.15, -0.1) is 0 Å². The van der Waals surface area contributed by atoms with Crippen LogP contribution in [0.2, 0.25) is 0 Å². The molecule has 0 spiro atoms.